The average molecular weight is 302 g/mol. The molecule has 0 aliphatic carbocycles. The van der Waals surface area contributed by atoms with Crippen LogP contribution in [0.4, 0.5) is 0 Å². The lowest BCUT2D eigenvalue weighted by atomic mass is 10.0. The summed E-state index contributed by atoms with van der Waals surface area (Å²) < 4.78 is 5.42. The Balaban J connectivity index is 1.46. The molecule has 2 heterocycles. The molecule has 1 atom stereocenters. The van der Waals surface area contributed by atoms with Gasteiger partial charge in [-0.3, -0.25) is 9.69 Å². The SMILES string of the molecule is Cc1cccc(CN2CCN(CC[C@H]3CCOC3)CC2=O)c1. The summed E-state index contributed by atoms with van der Waals surface area (Å²) in [4.78, 5) is 16.6. The molecule has 0 unspecified atom stereocenters. The summed E-state index contributed by atoms with van der Waals surface area (Å²) in [6.45, 7) is 8.08. The molecule has 4 heteroatoms. The fraction of sp³-hybridized carbons (Fsp3) is 0.611. The van der Waals surface area contributed by atoms with Gasteiger partial charge in [0.25, 0.3) is 0 Å². The van der Waals surface area contributed by atoms with Crippen LogP contribution in [0.25, 0.3) is 0 Å². The molecule has 120 valence electrons. The van der Waals surface area contributed by atoms with Gasteiger partial charge in [-0.1, -0.05) is 29.8 Å². The number of amides is 1. The summed E-state index contributed by atoms with van der Waals surface area (Å²) >= 11 is 0. The number of hydrogen-bond acceptors (Lipinski definition) is 3. The van der Waals surface area contributed by atoms with Crippen molar-refractivity contribution in [3.8, 4) is 0 Å². The van der Waals surface area contributed by atoms with Crippen molar-refractivity contribution in [1.82, 2.24) is 9.80 Å². The van der Waals surface area contributed by atoms with Gasteiger partial charge in [-0.05, 0) is 37.8 Å². The van der Waals surface area contributed by atoms with Gasteiger partial charge in [0.05, 0.1) is 6.54 Å². The second-order valence-electron chi connectivity index (χ2n) is 6.60. The summed E-state index contributed by atoms with van der Waals surface area (Å²) in [7, 11) is 0. The normalized spacial score (nSPS) is 23.2. The lowest BCUT2D eigenvalue weighted by Gasteiger charge is -2.34. The highest BCUT2D eigenvalue weighted by Crippen LogP contribution is 2.18. The van der Waals surface area contributed by atoms with E-state index >= 15 is 0 Å². The van der Waals surface area contributed by atoms with Crippen molar-refractivity contribution in [3.63, 3.8) is 0 Å². The van der Waals surface area contributed by atoms with Crippen LogP contribution >= 0.6 is 0 Å². The molecule has 1 amide bonds. The third-order valence-corrected chi connectivity index (χ3v) is 4.73. The molecule has 1 aromatic carbocycles. The zero-order chi connectivity index (χ0) is 15.4. The molecule has 0 spiro atoms. The first-order valence-corrected chi connectivity index (χ1v) is 8.34. The predicted molar refractivity (Wildman–Crippen MR) is 86.6 cm³/mol. The Bertz CT molecular complexity index is 512. The molecule has 22 heavy (non-hydrogen) atoms. The van der Waals surface area contributed by atoms with Crippen LogP contribution in [-0.2, 0) is 16.1 Å². The van der Waals surface area contributed by atoms with Gasteiger partial charge in [0.15, 0.2) is 0 Å². The molecule has 0 radical (unpaired) electrons. The summed E-state index contributed by atoms with van der Waals surface area (Å²) in [6, 6.07) is 8.43. The van der Waals surface area contributed by atoms with Crippen LogP contribution in [0.3, 0.4) is 0 Å². The van der Waals surface area contributed by atoms with E-state index in [4.69, 9.17) is 4.74 Å². The van der Waals surface area contributed by atoms with Crippen molar-refractivity contribution in [2.45, 2.75) is 26.3 Å². The number of ether oxygens (including phenoxy) is 1. The minimum atomic E-state index is 0.260. The molecule has 4 nitrogen and oxygen atoms in total. The first-order chi connectivity index (χ1) is 10.7. The first-order valence-electron chi connectivity index (χ1n) is 8.34. The molecule has 0 saturated carbocycles. The van der Waals surface area contributed by atoms with E-state index in [0.717, 1.165) is 45.8 Å². The smallest absolute Gasteiger partial charge is 0.237 e. The highest BCUT2D eigenvalue weighted by molar-refractivity contribution is 5.79. The lowest BCUT2D eigenvalue weighted by Crippen LogP contribution is -2.50. The quantitative estimate of drug-likeness (QED) is 0.835. The molecular formula is C18H26N2O2. The highest BCUT2D eigenvalue weighted by atomic mass is 16.5. The maximum absolute atomic E-state index is 12.3. The van der Waals surface area contributed by atoms with Crippen molar-refractivity contribution in [2.24, 2.45) is 5.92 Å². The number of rotatable bonds is 5. The topological polar surface area (TPSA) is 32.8 Å². The molecule has 2 fully saturated rings. The Labute approximate surface area is 133 Å². The summed E-state index contributed by atoms with van der Waals surface area (Å²) in [6.07, 6.45) is 2.34. The van der Waals surface area contributed by atoms with Gasteiger partial charge in [-0.25, -0.2) is 0 Å². The number of piperazine rings is 1. The molecule has 1 aromatic rings. The first kappa shape index (κ1) is 15.5. The molecule has 2 aliphatic heterocycles. The maximum atomic E-state index is 12.3. The highest BCUT2D eigenvalue weighted by Gasteiger charge is 2.25. The Hall–Kier alpha value is -1.39. The Kier molecular flexibility index (Phi) is 5.11. The van der Waals surface area contributed by atoms with Crippen LogP contribution in [0, 0.1) is 12.8 Å². The van der Waals surface area contributed by atoms with Crippen molar-refractivity contribution >= 4 is 5.91 Å². The van der Waals surface area contributed by atoms with Crippen LogP contribution in [0.2, 0.25) is 0 Å². The Morgan fingerprint density at radius 1 is 1.32 bits per heavy atom. The largest absolute Gasteiger partial charge is 0.381 e. The van der Waals surface area contributed by atoms with Crippen molar-refractivity contribution in [3.05, 3.63) is 35.4 Å². The predicted octanol–water partition coefficient (Wildman–Crippen LogP) is 2.07. The van der Waals surface area contributed by atoms with E-state index in [0.29, 0.717) is 12.5 Å². The zero-order valence-electron chi connectivity index (χ0n) is 13.5. The number of benzene rings is 1. The van der Waals surface area contributed by atoms with Crippen LogP contribution in [0.15, 0.2) is 24.3 Å². The average Bonchev–Trinajstić information content (AvgIpc) is 3.01. The van der Waals surface area contributed by atoms with E-state index in [2.05, 4.69) is 36.1 Å². The minimum absolute atomic E-state index is 0.260. The van der Waals surface area contributed by atoms with Gasteiger partial charge in [0.1, 0.15) is 0 Å². The van der Waals surface area contributed by atoms with E-state index < -0.39 is 0 Å². The van der Waals surface area contributed by atoms with Crippen molar-refractivity contribution in [1.29, 1.82) is 0 Å². The Morgan fingerprint density at radius 3 is 2.95 bits per heavy atom. The van der Waals surface area contributed by atoms with E-state index in [-0.39, 0.29) is 5.91 Å². The van der Waals surface area contributed by atoms with E-state index in [1.165, 1.54) is 17.5 Å². The van der Waals surface area contributed by atoms with Crippen molar-refractivity contribution < 1.29 is 9.53 Å². The number of hydrogen-bond donors (Lipinski definition) is 0. The van der Waals surface area contributed by atoms with Crippen molar-refractivity contribution in [2.75, 3.05) is 39.4 Å². The Morgan fingerprint density at radius 2 is 2.23 bits per heavy atom. The van der Waals surface area contributed by atoms with Gasteiger partial charge in [-0.2, -0.15) is 0 Å². The molecule has 0 aromatic heterocycles. The van der Waals surface area contributed by atoms with Gasteiger partial charge < -0.3 is 9.64 Å². The van der Waals surface area contributed by atoms with Gasteiger partial charge in [0, 0.05) is 32.8 Å². The van der Waals surface area contributed by atoms with Crippen LogP contribution < -0.4 is 0 Å². The minimum Gasteiger partial charge on any atom is -0.381 e. The third kappa shape index (κ3) is 4.08. The number of carbonyl (C=O) groups excluding carboxylic acids is 1. The standard InChI is InChI=1S/C18H26N2O2/c1-15-3-2-4-17(11-15)12-20-9-8-19(13-18(20)21)7-5-16-6-10-22-14-16/h2-4,11,16H,5-10,12-14H2,1H3/t16-/m0/s1. The lowest BCUT2D eigenvalue weighted by molar-refractivity contribution is -0.136. The van der Waals surface area contributed by atoms with Gasteiger partial charge in [0.2, 0.25) is 5.91 Å². The third-order valence-electron chi connectivity index (χ3n) is 4.73. The van der Waals surface area contributed by atoms with E-state index in [9.17, 15) is 4.79 Å². The van der Waals surface area contributed by atoms with Crippen LogP contribution in [0.5, 0.6) is 0 Å². The van der Waals surface area contributed by atoms with Gasteiger partial charge in [-0.15, -0.1) is 0 Å². The molecule has 2 saturated heterocycles. The second-order valence-corrected chi connectivity index (χ2v) is 6.60. The van der Waals surface area contributed by atoms with Gasteiger partial charge >= 0.3 is 0 Å². The summed E-state index contributed by atoms with van der Waals surface area (Å²) in [5.74, 6) is 0.954. The van der Waals surface area contributed by atoms with Crippen LogP contribution in [-0.4, -0.2) is 55.1 Å². The number of carbonyl (C=O) groups is 1. The summed E-state index contributed by atoms with van der Waals surface area (Å²) in [5, 5.41) is 0. The number of nitrogens with zero attached hydrogens (tertiary/aromatic N) is 2. The van der Waals surface area contributed by atoms with E-state index in [1.54, 1.807) is 0 Å². The maximum Gasteiger partial charge on any atom is 0.237 e. The molecular weight excluding hydrogens is 276 g/mol. The molecule has 3 rings (SSSR count). The fourth-order valence-electron chi connectivity index (χ4n) is 3.32. The fourth-order valence-corrected chi connectivity index (χ4v) is 3.32. The van der Waals surface area contributed by atoms with Crippen LogP contribution in [0.1, 0.15) is 24.0 Å². The molecule has 2 aliphatic rings. The summed E-state index contributed by atoms with van der Waals surface area (Å²) in [5.41, 5.74) is 2.48. The molecule has 0 N–H and O–H groups in total. The molecule has 0 bridgehead atoms. The zero-order valence-corrected chi connectivity index (χ0v) is 13.5. The second kappa shape index (κ2) is 7.25. The van der Waals surface area contributed by atoms with E-state index in [1.807, 2.05) is 4.90 Å². The number of aryl methyl sites for hydroxylation is 1. The monoisotopic (exact) mass is 302 g/mol.